The molecule has 2 rings (SSSR count). The molecule has 0 radical (unpaired) electrons. The second kappa shape index (κ2) is 3.62. The number of rotatable bonds is 1. The van der Waals surface area contributed by atoms with Crippen molar-refractivity contribution in [2.45, 2.75) is 0 Å². The lowest BCUT2D eigenvalue weighted by Gasteiger charge is -1.98. The van der Waals surface area contributed by atoms with Crippen LogP contribution in [-0.4, -0.2) is 27.6 Å². The molecule has 0 amide bonds. The van der Waals surface area contributed by atoms with Gasteiger partial charge in [0.15, 0.2) is 5.65 Å². The molecular weight excluding hydrogens is 262 g/mol. The Morgan fingerprint density at radius 3 is 2.93 bits per heavy atom. The highest BCUT2D eigenvalue weighted by Gasteiger charge is 2.17. The maximum Gasteiger partial charge on any atom is 0.374 e. The molecule has 0 aliphatic heterocycles. The summed E-state index contributed by atoms with van der Waals surface area (Å²) in [6.07, 6.45) is 1.65. The fourth-order valence-electron chi connectivity index (χ4n) is 1.32. The quantitative estimate of drug-likeness (QED) is 0.737. The van der Waals surface area contributed by atoms with Crippen molar-refractivity contribution in [1.29, 1.82) is 0 Å². The lowest BCUT2D eigenvalue weighted by molar-refractivity contribution is 0.0583. The zero-order valence-corrected chi connectivity index (χ0v) is 9.78. The molecule has 0 unspecified atom stereocenters. The second-order valence-electron chi connectivity index (χ2n) is 2.95. The van der Waals surface area contributed by atoms with E-state index in [-0.39, 0.29) is 5.82 Å². The maximum absolute atomic E-state index is 11.4. The third kappa shape index (κ3) is 1.50. The molecule has 0 aliphatic carbocycles. The molecule has 78 valence electrons. The number of ether oxygens (including phenoxy) is 1. The molecule has 2 aromatic heterocycles. The van der Waals surface area contributed by atoms with Crippen LogP contribution >= 0.6 is 15.9 Å². The number of esters is 1. The Balaban J connectivity index is 2.75. The van der Waals surface area contributed by atoms with E-state index in [4.69, 9.17) is 0 Å². The standard InChI is InChI=1S/C9H8BrN3O2/c1-13-7-6(5(10)3-4-11-7)12-8(13)9(14)15-2/h3-4H,1-2H3. The fraction of sp³-hybridized carbons (Fsp3) is 0.222. The monoisotopic (exact) mass is 269 g/mol. The van der Waals surface area contributed by atoms with Gasteiger partial charge < -0.3 is 9.30 Å². The van der Waals surface area contributed by atoms with Crippen molar-refractivity contribution in [2.75, 3.05) is 7.11 Å². The van der Waals surface area contributed by atoms with Crippen LogP contribution in [-0.2, 0) is 11.8 Å². The van der Waals surface area contributed by atoms with Gasteiger partial charge in [-0.3, -0.25) is 0 Å². The summed E-state index contributed by atoms with van der Waals surface area (Å²) in [5.74, 6) is -0.227. The van der Waals surface area contributed by atoms with Crippen molar-refractivity contribution >= 4 is 33.1 Å². The van der Waals surface area contributed by atoms with E-state index in [9.17, 15) is 4.79 Å². The summed E-state index contributed by atoms with van der Waals surface area (Å²) in [5, 5.41) is 0. The summed E-state index contributed by atoms with van der Waals surface area (Å²) >= 11 is 3.35. The summed E-state index contributed by atoms with van der Waals surface area (Å²) in [6, 6.07) is 1.77. The first-order chi connectivity index (χ1) is 7.15. The number of carbonyl (C=O) groups excluding carboxylic acids is 1. The lowest BCUT2D eigenvalue weighted by atomic mass is 10.4. The topological polar surface area (TPSA) is 57.0 Å². The highest BCUT2D eigenvalue weighted by molar-refractivity contribution is 9.10. The van der Waals surface area contributed by atoms with E-state index in [0.29, 0.717) is 11.2 Å². The van der Waals surface area contributed by atoms with Gasteiger partial charge in [-0.25, -0.2) is 14.8 Å². The number of fused-ring (bicyclic) bond motifs is 1. The number of halogens is 1. The van der Waals surface area contributed by atoms with E-state index in [0.717, 1.165) is 4.47 Å². The van der Waals surface area contributed by atoms with Gasteiger partial charge >= 0.3 is 5.97 Å². The molecule has 0 spiro atoms. The van der Waals surface area contributed by atoms with Gasteiger partial charge in [-0.2, -0.15) is 0 Å². The predicted molar refractivity (Wildman–Crippen MR) is 57.5 cm³/mol. The van der Waals surface area contributed by atoms with E-state index < -0.39 is 5.97 Å². The van der Waals surface area contributed by atoms with Gasteiger partial charge in [0.2, 0.25) is 5.82 Å². The number of carbonyl (C=O) groups is 1. The predicted octanol–water partition coefficient (Wildman–Crippen LogP) is 1.52. The Kier molecular flexibility index (Phi) is 2.44. The molecule has 0 aliphatic rings. The van der Waals surface area contributed by atoms with Crippen molar-refractivity contribution in [3.8, 4) is 0 Å². The van der Waals surface area contributed by atoms with Gasteiger partial charge in [-0.1, -0.05) is 0 Å². The van der Waals surface area contributed by atoms with Crippen LogP contribution in [0.4, 0.5) is 0 Å². The van der Waals surface area contributed by atoms with Crippen LogP contribution in [0.1, 0.15) is 10.6 Å². The van der Waals surface area contributed by atoms with Gasteiger partial charge in [0.1, 0.15) is 5.52 Å². The molecule has 0 bridgehead atoms. The summed E-state index contributed by atoms with van der Waals surface area (Å²) in [6.45, 7) is 0. The van der Waals surface area contributed by atoms with E-state index in [2.05, 4.69) is 30.6 Å². The van der Waals surface area contributed by atoms with Gasteiger partial charge in [0.25, 0.3) is 0 Å². The number of hydrogen-bond acceptors (Lipinski definition) is 4. The summed E-state index contributed by atoms with van der Waals surface area (Å²) in [5.41, 5.74) is 1.30. The Morgan fingerprint density at radius 2 is 2.33 bits per heavy atom. The second-order valence-corrected chi connectivity index (χ2v) is 3.81. The molecule has 5 nitrogen and oxygen atoms in total. The third-order valence-electron chi connectivity index (χ3n) is 2.08. The summed E-state index contributed by atoms with van der Waals surface area (Å²) in [4.78, 5) is 19.7. The highest BCUT2D eigenvalue weighted by atomic mass is 79.9. The van der Waals surface area contributed by atoms with Gasteiger partial charge in [-0.15, -0.1) is 0 Å². The van der Waals surface area contributed by atoms with Crippen molar-refractivity contribution in [1.82, 2.24) is 14.5 Å². The normalized spacial score (nSPS) is 10.6. The van der Waals surface area contributed by atoms with E-state index >= 15 is 0 Å². The molecule has 2 heterocycles. The van der Waals surface area contributed by atoms with Crippen molar-refractivity contribution < 1.29 is 9.53 Å². The average Bonchev–Trinajstić information content (AvgIpc) is 2.57. The summed E-state index contributed by atoms with van der Waals surface area (Å²) in [7, 11) is 3.05. The van der Waals surface area contributed by atoms with E-state index in [1.54, 1.807) is 23.9 Å². The van der Waals surface area contributed by atoms with Crippen molar-refractivity contribution in [3.05, 3.63) is 22.6 Å². The molecule has 0 N–H and O–H groups in total. The zero-order valence-electron chi connectivity index (χ0n) is 8.19. The first-order valence-electron chi connectivity index (χ1n) is 4.20. The van der Waals surface area contributed by atoms with Crippen molar-refractivity contribution in [3.63, 3.8) is 0 Å². The third-order valence-corrected chi connectivity index (χ3v) is 2.72. The SMILES string of the molecule is COC(=O)c1nc2c(Br)ccnc2n1C. The molecule has 0 aromatic carbocycles. The molecule has 15 heavy (non-hydrogen) atoms. The smallest absolute Gasteiger partial charge is 0.374 e. The Morgan fingerprint density at radius 1 is 1.60 bits per heavy atom. The van der Waals surface area contributed by atoms with Crippen LogP contribution in [0.15, 0.2) is 16.7 Å². The van der Waals surface area contributed by atoms with Gasteiger partial charge in [0.05, 0.1) is 7.11 Å². The van der Waals surface area contributed by atoms with Crippen LogP contribution < -0.4 is 0 Å². The highest BCUT2D eigenvalue weighted by Crippen LogP contribution is 2.21. The number of aromatic nitrogens is 3. The molecule has 0 atom stereocenters. The molecule has 6 heteroatoms. The van der Waals surface area contributed by atoms with Crippen LogP contribution in [0.5, 0.6) is 0 Å². The van der Waals surface area contributed by atoms with Crippen LogP contribution in [0.2, 0.25) is 0 Å². The molecule has 0 fully saturated rings. The Bertz CT molecular complexity index is 535. The minimum atomic E-state index is -0.470. The Labute approximate surface area is 94.2 Å². The summed E-state index contributed by atoms with van der Waals surface area (Å²) < 4.78 is 7.03. The molecule has 2 aromatic rings. The molecule has 0 saturated heterocycles. The van der Waals surface area contributed by atoms with Gasteiger partial charge in [-0.05, 0) is 22.0 Å². The van der Waals surface area contributed by atoms with E-state index in [1.807, 2.05) is 0 Å². The van der Waals surface area contributed by atoms with E-state index in [1.165, 1.54) is 7.11 Å². The first kappa shape index (κ1) is 10.1. The van der Waals surface area contributed by atoms with Crippen LogP contribution in [0.3, 0.4) is 0 Å². The van der Waals surface area contributed by atoms with Crippen LogP contribution in [0.25, 0.3) is 11.2 Å². The van der Waals surface area contributed by atoms with Crippen molar-refractivity contribution in [2.24, 2.45) is 7.05 Å². The number of aryl methyl sites for hydroxylation is 1. The maximum atomic E-state index is 11.4. The molecule has 0 saturated carbocycles. The lowest BCUT2D eigenvalue weighted by Crippen LogP contribution is -2.09. The average molecular weight is 270 g/mol. The minimum absolute atomic E-state index is 0.243. The fourth-order valence-corrected chi connectivity index (χ4v) is 1.71. The number of imidazole rings is 1. The zero-order chi connectivity index (χ0) is 11.0. The first-order valence-corrected chi connectivity index (χ1v) is 4.99. The number of hydrogen-bond donors (Lipinski definition) is 0. The number of pyridine rings is 1. The minimum Gasteiger partial charge on any atom is -0.463 e. The number of methoxy groups -OCH3 is 1. The van der Waals surface area contributed by atoms with Crippen LogP contribution in [0, 0.1) is 0 Å². The number of nitrogens with zero attached hydrogens (tertiary/aromatic N) is 3. The molecular formula is C9H8BrN3O2. The van der Waals surface area contributed by atoms with Gasteiger partial charge in [0, 0.05) is 17.7 Å². The largest absolute Gasteiger partial charge is 0.463 e. The Hall–Kier alpha value is -1.43.